The first kappa shape index (κ1) is 12.2. The standard InChI is InChI=1S/C13H19NO3/c1-9-4-12(17-3)10(5-11(9)16-2)6-13(15)7-14-8-13/h4-5,14-15H,6-8H2,1-3H3. The van der Waals surface area contributed by atoms with E-state index in [2.05, 4.69) is 5.32 Å². The lowest BCUT2D eigenvalue weighted by Crippen LogP contribution is -2.60. The van der Waals surface area contributed by atoms with Crippen molar-refractivity contribution in [3.05, 3.63) is 23.3 Å². The number of benzene rings is 1. The fourth-order valence-corrected chi connectivity index (χ4v) is 2.14. The Bertz CT molecular complexity index is 413. The summed E-state index contributed by atoms with van der Waals surface area (Å²) in [7, 11) is 3.30. The SMILES string of the molecule is COc1cc(CC2(O)CNC2)c(OC)cc1C. The minimum Gasteiger partial charge on any atom is -0.496 e. The summed E-state index contributed by atoms with van der Waals surface area (Å²) in [6.07, 6.45) is 0.583. The van der Waals surface area contributed by atoms with Gasteiger partial charge in [-0.2, -0.15) is 0 Å². The Balaban J connectivity index is 2.30. The van der Waals surface area contributed by atoms with Gasteiger partial charge in [-0.05, 0) is 24.6 Å². The molecule has 0 bridgehead atoms. The molecule has 0 spiro atoms. The molecule has 1 aliphatic rings. The summed E-state index contributed by atoms with van der Waals surface area (Å²) in [6, 6.07) is 3.90. The molecule has 4 heteroatoms. The molecule has 1 fully saturated rings. The van der Waals surface area contributed by atoms with E-state index in [1.165, 1.54) is 0 Å². The Morgan fingerprint density at radius 3 is 2.35 bits per heavy atom. The summed E-state index contributed by atoms with van der Waals surface area (Å²) in [5, 5.41) is 13.2. The second-order valence-electron chi connectivity index (χ2n) is 4.64. The van der Waals surface area contributed by atoms with Gasteiger partial charge in [-0.1, -0.05) is 0 Å². The second-order valence-corrected chi connectivity index (χ2v) is 4.64. The molecule has 1 heterocycles. The summed E-state index contributed by atoms with van der Waals surface area (Å²) < 4.78 is 10.7. The summed E-state index contributed by atoms with van der Waals surface area (Å²) >= 11 is 0. The normalized spacial score (nSPS) is 17.4. The first-order chi connectivity index (χ1) is 8.08. The van der Waals surface area contributed by atoms with E-state index < -0.39 is 5.60 Å². The van der Waals surface area contributed by atoms with Crippen molar-refractivity contribution in [1.82, 2.24) is 5.32 Å². The molecule has 1 aromatic carbocycles. The molecular weight excluding hydrogens is 218 g/mol. The molecular formula is C13H19NO3. The molecule has 0 radical (unpaired) electrons. The van der Waals surface area contributed by atoms with Crippen LogP contribution in [-0.2, 0) is 6.42 Å². The lowest BCUT2D eigenvalue weighted by Gasteiger charge is -2.38. The molecule has 0 unspecified atom stereocenters. The van der Waals surface area contributed by atoms with Crippen LogP contribution in [0, 0.1) is 6.92 Å². The fourth-order valence-electron chi connectivity index (χ4n) is 2.14. The van der Waals surface area contributed by atoms with Gasteiger partial charge in [-0.25, -0.2) is 0 Å². The van der Waals surface area contributed by atoms with Gasteiger partial charge in [0.05, 0.1) is 19.8 Å². The molecule has 0 saturated carbocycles. The Labute approximate surface area is 102 Å². The van der Waals surface area contributed by atoms with Crippen molar-refractivity contribution in [2.24, 2.45) is 0 Å². The molecule has 0 aliphatic carbocycles. The fraction of sp³-hybridized carbons (Fsp3) is 0.538. The van der Waals surface area contributed by atoms with E-state index in [1.807, 2.05) is 19.1 Å². The molecule has 0 atom stereocenters. The Kier molecular flexibility index (Phi) is 3.26. The van der Waals surface area contributed by atoms with Gasteiger partial charge in [-0.3, -0.25) is 0 Å². The third kappa shape index (κ3) is 2.37. The number of ether oxygens (including phenoxy) is 2. The van der Waals surface area contributed by atoms with Crippen molar-refractivity contribution in [2.75, 3.05) is 27.3 Å². The zero-order chi connectivity index (χ0) is 12.5. The first-order valence-electron chi connectivity index (χ1n) is 5.72. The second kappa shape index (κ2) is 4.55. The van der Waals surface area contributed by atoms with Crippen LogP contribution in [-0.4, -0.2) is 38.0 Å². The summed E-state index contributed by atoms with van der Waals surface area (Å²) in [4.78, 5) is 0. The van der Waals surface area contributed by atoms with Crippen LogP contribution in [0.25, 0.3) is 0 Å². The van der Waals surface area contributed by atoms with Gasteiger partial charge in [0.2, 0.25) is 0 Å². The van der Waals surface area contributed by atoms with Gasteiger partial charge in [0.25, 0.3) is 0 Å². The van der Waals surface area contributed by atoms with Crippen molar-refractivity contribution in [1.29, 1.82) is 0 Å². The van der Waals surface area contributed by atoms with Crippen molar-refractivity contribution in [2.45, 2.75) is 18.9 Å². The highest BCUT2D eigenvalue weighted by Gasteiger charge is 2.35. The quantitative estimate of drug-likeness (QED) is 0.816. The van der Waals surface area contributed by atoms with Crippen LogP contribution in [0.15, 0.2) is 12.1 Å². The van der Waals surface area contributed by atoms with E-state index in [-0.39, 0.29) is 0 Å². The van der Waals surface area contributed by atoms with Crippen molar-refractivity contribution >= 4 is 0 Å². The van der Waals surface area contributed by atoms with Gasteiger partial charge >= 0.3 is 0 Å². The maximum absolute atomic E-state index is 10.2. The van der Waals surface area contributed by atoms with E-state index in [0.717, 1.165) is 22.6 Å². The van der Waals surface area contributed by atoms with E-state index in [9.17, 15) is 5.11 Å². The molecule has 0 amide bonds. The van der Waals surface area contributed by atoms with Crippen LogP contribution >= 0.6 is 0 Å². The number of hydrogen-bond acceptors (Lipinski definition) is 4. The Morgan fingerprint density at radius 2 is 1.88 bits per heavy atom. The number of β-amino-alcohol motifs (C(OH)–C–C–N with tert-alkyl or cyclic N) is 1. The molecule has 0 aromatic heterocycles. The number of nitrogens with one attached hydrogen (secondary N) is 1. The van der Waals surface area contributed by atoms with Crippen LogP contribution in [0.4, 0.5) is 0 Å². The lowest BCUT2D eigenvalue weighted by atomic mass is 9.88. The van der Waals surface area contributed by atoms with Gasteiger partial charge in [-0.15, -0.1) is 0 Å². The summed E-state index contributed by atoms with van der Waals surface area (Å²) in [5.74, 6) is 1.64. The predicted octanol–water partition coefficient (Wildman–Crippen LogP) is 0.889. The highest BCUT2D eigenvalue weighted by molar-refractivity contribution is 5.46. The first-order valence-corrected chi connectivity index (χ1v) is 5.72. The van der Waals surface area contributed by atoms with Crippen LogP contribution < -0.4 is 14.8 Å². The van der Waals surface area contributed by atoms with Crippen LogP contribution in [0.1, 0.15) is 11.1 Å². The molecule has 1 aliphatic heterocycles. The van der Waals surface area contributed by atoms with Crippen molar-refractivity contribution in [3.63, 3.8) is 0 Å². The molecule has 4 nitrogen and oxygen atoms in total. The number of hydrogen-bond donors (Lipinski definition) is 2. The maximum Gasteiger partial charge on any atom is 0.122 e. The number of rotatable bonds is 4. The van der Waals surface area contributed by atoms with Crippen LogP contribution in [0.2, 0.25) is 0 Å². The molecule has 1 aromatic rings. The third-order valence-corrected chi connectivity index (χ3v) is 3.23. The predicted molar refractivity (Wildman–Crippen MR) is 65.8 cm³/mol. The van der Waals surface area contributed by atoms with E-state index in [0.29, 0.717) is 19.5 Å². The third-order valence-electron chi connectivity index (χ3n) is 3.23. The molecule has 2 N–H and O–H groups in total. The molecule has 17 heavy (non-hydrogen) atoms. The highest BCUT2D eigenvalue weighted by atomic mass is 16.5. The highest BCUT2D eigenvalue weighted by Crippen LogP contribution is 2.31. The monoisotopic (exact) mass is 237 g/mol. The van der Waals surface area contributed by atoms with Crippen LogP contribution in [0.5, 0.6) is 11.5 Å². The maximum atomic E-state index is 10.2. The lowest BCUT2D eigenvalue weighted by molar-refractivity contribution is -0.00946. The van der Waals surface area contributed by atoms with Gasteiger partial charge in [0, 0.05) is 25.1 Å². The smallest absolute Gasteiger partial charge is 0.122 e. The van der Waals surface area contributed by atoms with E-state index >= 15 is 0 Å². The number of methoxy groups -OCH3 is 2. The topological polar surface area (TPSA) is 50.7 Å². The van der Waals surface area contributed by atoms with Gasteiger partial charge < -0.3 is 19.9 Å². The summed E-state index contributed by atoms with van der Waals surface area (Å²) in [5.41, 5.74) is 1.37. The average molecular weight is 237 g/mol. The molecule has 94 valence electrons. The Hall–Kier alpha value is -1.26. The minimum atomic E-state index is -0.645. The zero-order valence-corrected chi connectivity index (χ0v) is 10.5. The number of aryl methyl sites for hydroxylation is 1. The molecule has 2 rings (SSSR count). The summed E-state index contributed by atoms with van der Waals surface area (Å²) in [6.45, 7) is 3.24. The minimum absolute atomic E-state index is 0.583. The Morgan fingerprint density at radius 1 is 1.24 bits per heavy atom. The average Bonchev–Trinajstić information content (AvgIpc) is 2.28. The van der Waals surface area contributed by atoms with Crippen molar-refractivity contribution < 1.29 is 14.6 Å². The largest absolute Gasteiger partial charge is 0.496 e. The van der Waals surface area contributed by atoms with Crippen molar-refractivity contribution in [3.8, 4) is 11.5 Å². The van der Waals surface area contributed by atoms with Gasteiger partial charge in [0.1, 0.15) is 11.5 Å². The van der Waals surface area contributed by atoms with Crippen LogP contribution in [0.3, 0.4) is 0 Å². The van der Waals surface area contributed by atoms with E-state index in [1.54, 1.807) is 14.2 Å². The molecule has 1 saturated heterocycles. The van der Waals surface area contributed by atoms with Gasteiger partial charge in [0.15, 0.2) is 0 Å². The zero-order valence-electron chi connectivity index (χ0n) is 10.5. The van der Waals surface area contributed by atoms with E-state index in [4.69, 9.17) is 9.47 Å². The number of aliphatic hydroxyl groups is 1.